The number of ether oxygens (including phenoxy) is 1. The van der Waals surface area contributed by atoms with Crippen LogP contribution in [0.3, 0.4) is 0 Å². The summed E-state index contributed by atoms with van der Waals surface area (Å²) >= 11 is 0. The molecule has 132 valence electrons. The topological polar surface area (TPSA) is 72.1 Å². The van der Waals surface area contributed by atoms with Gasteiger partial charge in [-0.1, -0.05) is 49.4 Å². The summed E-state index contributed by atoms with van der Waals surface area (Å²) in [6, 6.07) is 18.2. The first-order valence-electron chi connectivity index (χ1n) is 8.41. The summed E-state index contributed by atoms with van der Waals surface area (Å²) in [5.74, 6) is 1.03. The molecule has 1 heterocycles. The van der Waals surface area contributed by atoms with Gasteiger partial charge in [0.1, 0.15) is 17.3 Å². The van der Waals surface area contributed by atoms with Gasteiger partial charge in [0, 0.05) is 18.1 Å². The van der Waals surface area contributed by atoms with Gasteiger partial charge in [0.05, 0.1) is 7.11 Å². The van der Waals surface area contributed by atoms with Crippen LogP contribution in [0.25, 0.3) is 11.4 Å². The van der Waals surface area contributed by atoms with Crippen molar-refractivity contribution in [2.75, 3.05) is 7.11 Å². The van der Waals surface area contributed by atoms with Gasteiger partial charge in [0.2, 0.25) is 0 Å². The third-order valence-corrected chi connectivity index (χ3v) is 4.25. The molecular weight excluding hydrogens is 328 g/mol. The van der Waals surface area contributed by atoms with E-state index in [0.29, 0.717) is 5.82 Å². The van der Waals surface area contributed by atoms with E-state index in [2.05, 4.69) is 9.97 Å². The molecule has 0 unspecified atom stereocenters. The molecular formula is C21H20N2O3. The molecule has 2 aromatic carbocycles. The minimum absolute atomic E-state index is 0.00895. The third kappa shape index (κ3) is 4.06. The first-order valence-corrected chi connectivity index (χ1v) is 8.41. The van der Waals surface area contributed by atoms with Crippen molar-refractivity contribution in [3.63, 3.8) is 0 Å². The fraction of sp³-hybridized carbons (Fsp3) is 0.190. The SMILES string of the molecule is COc1ccc([C@H](C)CC(=O)c2cc(=O)[nH]c(-c3ccccc3)n2)cc1. The van der Waals surface area contributed by atoms with Crippen LogP contribution in [0.2, 0.25) is 0 Å². The summed E-state index contributed by atoms with van der Waals surface area (Å²) < 4.78 is 5.15. The van der Waals surface area contributed by atoms with E-state index in [0.717, 1.165) is 16.9 Å². The Morgan fingerprint density at radius 1 is 1.12 bits per heavy atom. The number of carbonyl (C=O) groups excluding carboxylic acids is 1. The summed E-state index contributed by atoms with van der Waals surface area (Å²) in [6.07, 6.45) is 0.275. The molecule has 0 spiro atoms. The Morgan fingerprint density at radius 3 is 2.46 bits per heavy atom. The van der Waals surface area contributed by atoms with Crippen LogP contribution in [0.4, 0.5) is 0 Å². The van der Waals surface area contributed by atoms with Gasteiger partial charge in [-0.05, 0) is 23.6 Å². The zero-order valence-corrected chi connectivity index (χ0v) is 14.7. The van der Waals surface area contributed by atoms with Crippen LogP contribution < -0.4 is 10.3 Å². The molecule has 3 aromatic rings. The van der Waals surface area contributed by atoms with E-state index in [-0.39, 0.29) is 29.4 Å². The number of H-pyrrole nitrogens is 1. The molecule has 0 radical (unpaired) electrons. The second-order valence-corrected chi connectivity index (χ2v) is 6.15. The lowest BCUT2D eigenvalue weighted by molar-refractivity contribution is 0.0970. The van der Waals surface area contributed by atoms with Crippen LogP contribution >= 0.6 is 0 Å². The number of nitrogens with zero attached hydrogens (tertiary/aromatic N) is 1. The maximum atomic E-state index is 12.6. The second kappa shape index (κ2) is 7.78. The van der Waals surface area contributed by atoms with Crippen LogP contribution in [-0.4, -0.2) is 22.9 Å². The molecule has 3 rings (SSSR count). The van der Waals surface area contributed by atoms with Crippen molar-refractivity contribution in [3.05, 3.63) is 82.3 Å². The number of aromatic amines is 1. The highest BCUT2D eigenvalue weighted by Crippen LogP contribution is 2.23. The maximum absolute atomic E-state index is 12.6. The number of hydrogen-bond donors (Lipinski definition) is 1. The average Bonchev–Trinajstić information content (AvgIpc) is 2.68. The van der Waals surface area contributed by atoms with Gasteiger partial charge >= 0.3 is 0 Å². The molecule has 0 aliphatic rings. The Bertz CT molecular complexity index is 947. The van der Waals surface area contributed by atoms with E-state index in [1.54, 1.807) is 7.11 Å². The predicted octanol–water partition coefficient (Wildman–Crippen LogP) is 3.82. The fourth-order valence-electron chi connectivity index (χ4n) is 2.77. The minimum atomic E-state index is -0.334. The number of carbonyl (C=O) groups is 1. The minimum Gasteiger partial charge on any atom is -0.497 e. The molecule has 5 nitrogen and oxygen atoms in total. The molecule has 0 fully saturated rings. The van der Waals surface area contributed by atoms with Gasteiger partial charge in [0.15, 0.2) is 5.78 Å². The fourth-order valence-corrected chi connectivity index (χ4v) is 2.77. The third-order valence-electron chi connectivity index (χ3n) is 4.25. The summed E-state index contributed by atoms with van der Waals surface area (Å²) in [4.78, 5) is 31.6. The number of ketones is 1. The normalized spacial score (nSPS) is 11.8. The second-order valence-electron chi connectivity index (χ2n) is 6.15. The first-order chi connectivity index (χ1) is 12.6. The Kier molecular flexibility index (Phi) is 5.27. The van der Waals surface area contributed by atoms with Crippen molar-refractivity contribution in [1.29, 1.82) is 0 Å². The molecule has 5 heteroatoms. The van der Waals surface area contributed by atoms with Crippen molar-refractivity contribution in [3.8, 4) is 17.1 Å². The zero-order valence-electron chi connectivity index (χ0n) is 14.7. The van der Waals surface area contributed by atoms with Crippen molar-refractivity contribution in [2.45, 2.75) is 19.3 Å². The van der Waals surface area contributed by atoms with E-state index in [4.69, 9.17) is 4.74 Å². The van der Waals surface area contributed by atoms with Crippen molar-refractivity contribution >= 4 is 5.78 Å². The van der Waals surface area contributed by atoms with E-state index in [1.165, 1.54) is 6.07 Å². The molecule has 0 aliphatic heterocycles. The zero-order chi connectivity index (χ0) is 18.5. The number of rotatable bonds is 6. The van der Waals surface area contributed by atoms with Crippen molar-refractivity contribution < 1.29 is 9.53 Å². The van der Waals surface area contributed by atoms with Gasteiger partial charge in [-0.25, -0.2) is 4.98 Å². The van der Waals surface area contributed by atoms with Crippen LogP contribution in [0.15, 0.2) is 65.5 Å². The molecule has 0 saturated carbocycles. The Hall–Kier alpha value is -3.21. The lowest BCUT2D eigenvalue weighted by Crippen LogP contribution is -2.15. The van der Waals surface area contributed by atoms with Crippen LogP contribution in [0, 0.1) is 0 Å². The summed E-state index contributed by atoms with van der Waals surface area (Å²) in [5.41, 5.74) is 1.65. The van der Waals surface area contributed by atoms with Crippen LogP contribution in [-0.2, 0) is 0 Å². The largest absolute Gasteiger partial charge is 0.497 e. The van der Waals surface area contributed by atoms with E-state index >= 15 is 0 Å². The highest BCUT2D eigenvalue weighted by molar-refractivity contribution is 5.95. The van der Waals surface area contributed by atoms with E-state index in [9.17, 15) is 9.59 Å². The molecule has 1 N–H and O–H groups in total. The monoisotopic (exact) mass is 348 g/mol. The average molecular weight is 348 g/mol. The Balaban J connectivity index is 1.81. The molecule has 26 heavy (non-hydrogen) atoms. The number of hydrogen-bond acceptors (Lipinski definition) is 4. The molecule has 0 bridgehead atoms. The van der Waals surface area contributed by atoms with Crippen molar-refractivity contribution in [1.82, 2.24) is 9.97 Å². The first kappa shape index (κ1) is 17.6. The molecule has 0 amide bonds. The molecule has 0 aliphatic carbocycles. The highest BCUT2D eigenvalue weighted by atomic mass is 16.5. The quantitative estimate of drug-likeness (QED) is 0.687. The van der Waals surface area contributed by atoms with E-state index in [1.807, 2.05) is 61.5 Å². The maximum Gasteiger partial charge on any atom is 0.251 e. The summed E-state index contributed by atoms with van der Waals surface area (Å²) in [6.45, 7) is 1.98. The number of benzene rings is 2. The lowest BCUT2D eigenvalue weighted by atomic mass is 9.94. The van der Waals surface area contributed by atoms with Gasteiger partial charge in [0.25, 0.3) is 5.56 Å². The number of aromatic nitrogens is 2. The van der Waals surface area contributed by atoms with Crippen LogP contribution in [0.5, 0.6) is 5.75 Å². The number of Topliss-reactive ketones (excluding diaryl/α,β-unsaturated/α-hetero) is 1. The summed E-state index contributed by atoms with van der Waals surface area (Å²) in [7, 11) is 1.62. The van der Waals surface area contributed by atoms with Gasteiger partial charge in [-0.15, -0.1) is 0 Å². The van der Waals surface area contributed by atoms with Gasteiger partial charge in [-0.2, -0.15) is 0 Å². The molecule has 0 saturated heterocycles. The lowest BCUT2D eigenvalue weighted by Gasteiger charge is -2.12. The number of methoxy groups -OCH3 is 1. The van der Waals surface area contributed by atoms with E-state index < -0.39 is 0 Å². The summed E-state index contributed by atoms with van der Waals surface area (Å²) in [5, 5.41) is 0. The number of nitrogens with one attached hydrogen (secondary N) is 1. The smallest absolute Gasteiger partial charge is 0.251 e. The van der Waals surface area contributed by atoms with Gasteiger partial charge in [-0.3, -0.25) is 9.59 Å². The van der Waals surface area contributed by atoms with Crippen LogP contribution in [0.1, 0.15) is 35.3 Å². The standard InChI is InChI=1S/C21H20N2O3/c1-14(15-8-10-17(26-2)11-9-15)12-19(24)18-13-20(25)23-21(22-18)16-6-4-3-5-7-16/h3-11,13-14H,12H2,1-2H3,(H,22,23,25)/t14-/m1/s1. The highest BCUT2D eigenvalue weighted by Gasteiger charge is 2.16. The Labute approximate surface area is 151 Å². The molecule has 1 aromatic heterocycles. The predicted molar refractivity (Wildman–Crippen MR) is 101 cm³/mol. The molecule has 1 atom stereocenters. The Morgan fingerprint density at radius 2 is 1.81 bits per heavy atom. The van der Waals surface area contributed by atoms with Gasteiger partial charge < -0.3 is 9.72 Å². The van der Waals surface area contributed by atoms with Crippen molar-refractivity contribution in [2.24, 2.45) is 0 Å².